The van der Waals surface area contributed by atoms with Gasteiger partial charge < -0.3 is 15.2 Å². The number of phenols is 1. The summed E-state index contributed by atoms with van der Waals surface area (Å²) in [5.74, 6) is 1.94. The van der Waals surface area contributed by atoms with Gasteiger partial charge in [0.2, 0.25) is 0 Å². The fourth-order valence-corrected chi connectivity index (χ4v) is 2.83. The van der Waals surface area contributed by atoms with E-state index in [1.165, 1.54) is 0 Å². The molecule has 2 heterocycles. The molecular formula is C20H18N4O2. The van der Waals surface area contributed by atoms with Crippen molar-refractivity contribution in [3.63, 3.8) is 0 Å². The average Bonchev–Trinajstić information content (AvgIpc) is 3.06. The van der Waals surface area contributed by atoms with Gasteiger partial charge in [-0.2, -0.15) is 0 Å². The predicted octanol–water partition coefficient (Wildman–Crippen LogP) is 3.72. The summed E-state index contributed by atoms with van der Waals surface area (Å²) in [6.45, 7) is 0.644. The number of hydrogen-bond acceptors (Lipinski definition) is 5. The summed E-state index contributed by atoms with van der Waals surface area (Å²) in [5.41, 5.74) is 3.62. The molecule has 0 atom stereocenters. The maximum Gasteiger partial charge on any atom is 0.157 e. The van der Waals surface area contributed by atoms with E-state index in [0.29, 0.717) is 6.54 Å². The highest BCUT2D eigenvalue weighted by atomic mass is 16.5. The van der Waals surface area contributed by atoms with Gasteiger partial charge in [-0.3, -0.25) is 9.38 Å². The third-order valence-electron chi connectivity index (χ3n) is 4.19. The monoisotopic (exact) mass is 346 g/mol. The summed E-state index contributed by atoms with van der Waals surface area (Å²) in [4.78, 5) is 8.84. The number of anilines is 1. The number of rotatable bonds is 5. The van der Waals surface area contributed by atoms with Crippen molar-refractivity contribution < 1.29 is 9.84 Å². The summed E-state index contributed by atoms with van der Waals surface area (Å²) in [7, 11) is 1.66. The number of benzene rings is 2. The molecule has 0 bridgehead atoms. The van der Waals surface area contributed by atoms with Crippen molar-refractivity contribution in [2.24, 2.45) is 0 Å². The van der Waals surface area contributed by atoms with E-state index in [1.54, 1.807) is 31.6 Å². The van der Waals surface area contributed by atoms with Crippen molar-refractivity contribution in [1.29, 1.82) is 0 Å². The van der Waals surface area contributed by atoms with Gasteiger partial charge in [0.15, 0.2) is 5.65 Å². The topological polar surface area (TPSA) is 71.7 Å². The van der Waals surface area contributed by atoms with Crippen molar-refractivity contribution in [3.8, 4) is 22.8 Å². The van der Waals surface area contributed by atoms with Crippen LogP contribution in [0.15, 0.2) is 67.1 Å². The van der Waals surface area contributed by atoms with Crippen LogP contribution in [0.2, 0.25) is 0 Å². The number of phenolic OH excluding ortho intramolecular Hbond substituents is 1. The zero-order valence-electron chi connectivity index (χ0n) is 14.3. The first-order chi connectivity index (χ1) is 12.7. The van der Waals surface area contributed by atoms with Crippen molar-refractivity contribution in [2.45, 2.75) is 6.54 Å². The molecular weight excluding hydrogens is 328 g/mol. The lowest BCUT2D eigenvalue weighted by Crippen LogP contribution is -2.03. The molecule has 0 aliphatic carbocycles. The predicted molar refractivity (Wildman–Crippen MR) is 100 cm³/mol. The SMILES string of the molecule is COc1ccc(CNc2c(-c3ccc(O)cc3)nc3cnccn23)cc1. The van der Waals surface area contributed by atoms with Crippen LogP contribution in [0, 0.1) is 0 Å². The minimum atomic E-state index is 0.229. The smallest absolute Gasteiger partial charge is 0.157 e. The largest absolute Gasteiger partial charge is 0.508 e. The van der Waals surface area contributed by atoms with E-state index >= 15 is 0 Å². The summed E-state index contributed by atoms with van der Waals surface area (Å²) in [6.07, 6.45) is 5.33. The molecule has 0 aliphatic rings. The van der Waals surface area contributed by atoms with Gasteiger partial charge in [0, 0.05) is 24.5 Å². The van der Waals surface area contributed by atoms with Crippen LogP contribution >= 0.6 is 0 Å². The molecule has 0 spiro atoms. The van der Waals surface area contributed by atoms with E-state index in [0.717, 1.165) is 34.0 Å². The minimum absolute atomic E-state index is 0.229. The number of hydrogen-bond donors (Lipinski definition) is 2. The van der Waals surface area contributed by atoms with E-state index < -0.39 is 0 Å². The van der Waals surface area contributed by atoms with Crippen molar-refractivity contribution >= 4 is 11.5 Å². The third kappa shape index (κ3) is 3.04. The number of imidazole rings is 1. The Kier molecular flexibility index (Phi) is 4.15. The molecule has 0 amide bonds. The first-order valence-corrected chi connectivity index (χ1v) is 8.23. The Bertz CT molecular complexity index is 1020. The number of aromatic hydroxyl groups is 1. The molecule has 0 saturated carbocycles. The number of aromatic nitrogens is 3. The summed E-state index contributed by atoms with van der Waals surface area (Å²) in [5, 5.41) is 13.0. The highest BCUT2D eigenvalue weighted by Crippen LogP contribution is 2.30. The van der Waals surface area contributed by atoms with Gasteiger partial charge >= 0.3 is 0 Å². The number of fused-ring (bicyclic) bond motifs is 1. The lowest BCUT2D eigenvalue weighted by atomic mass is 10.1. The maximum absolute atomic E-state index is 9.55. The molecule has 2 aromatic carbocycles. The second-order valence-electron chi connectivity index (χ2n) is 5.86. The first kappa shape index (κ1) is 16.0. The first-order valence-electron chi connectivity index (χ1n) is 8.23. The fourth-order valence-electron chi connectivity index (χ4n) is 2.83. The second-order valence-corrected chi connectivity index (χ2v) is 5.86. The molecule has 0 unspecified atom stereocenters. The van der Waals surface area contributed by atoms with Gasteiger partial charge in [-0.25, -0.2) is 4.98 Å². The average molecular weight is 346 g/mol. The molecule has 130 valence electrons. The van der Waals surface area contributed by atoms with Gasteiger partial charge in [0.1, 0.15) is 23.0 Å². The third-order valence-corrected chi connectivity index (χ3v) is 4.19. The Labute approximate surface area is 150 Å². The number of nitrogens with zero attached hydrogens (tertiary/aromatic N) is 3. The van der Waals surface area contributed by atoms with Crippen LogP contribution in [-0.2, 0) is 6.54 Å². The van der Waals surface area contributed by atoms with Gasteiger partial charge in [-0.05, 0) is 42.0 Å². The highest BCUT2D eigenvalue weighted by molar-refractivity contribution is 5.76. The van der Waals surface area contributed by atoms with Gasteiger partial charge in [0.25, 0.3) is 0 Å². The summed E-state index contributed by atoms with van der Waals surface area (Å²) < 4.78 is 7.17. The lowest BCUT2D eigenvalue weighted by molar-refractivity contribution is 0.414. The molecule has 0 saturated heterocycles. The number of methoxy groups -OCH3 is 1. The molecule has 0 fully saturated rings. The normalized spacial score (nSPS) is 10.8. The van der Waals surface area contributed by atoms with E-state index in [4.69, 9.17) is 4.74 Å². The maximum atomic E-state index is 9.55. The van der Waals surface area contributed by atoms with Crippen LogP contribution in [0.1, 0.15) is 5.56 Å². The Balaban J connectivity index is 1.70. The minimum Gasteiger partial charge on any atom is -0.508 e. The molecule has 4 aromatic rings. The van der Waals surface area contributed by atoms with Crippen LogP contribution in [0.25, 0.3) is 16.9 Å². The van der Waals surface area contributed by atoms with Crippen LogP contribution in [0.5, 0.6) is 11.5 Å². The highest BCUT2D eigenvalue weighted by Gasteiger charge is 2.14. The Morgan fingerprint density at radius 1 is 1.08 bits per heavy atom. The fraction of sp³-hybridized carbons (Fsp3) is 0.100. The Hall–Kier alpha value is -3.54. The van der Waals surface area contributed by atoms with Crippen LogP contribution in [-0.4, -0.2) is 26.6 Å². The van der Waals surface area contributed by atoms with E-state index in [9.17, 15) is 5.11 Å². The zero-order chi connectivity index (χ0) is 17.9. The van der Waals surface area contributed by atoms with Crippen molar-refractivity contribution in [2.75, 3.05) is 12.4 Å². The van der Waals surface area contributed by atoms with Crippen LogP contribution in [0.4, 0.5) is 5.82 Å². The van der Waals surface area contributed by atoms with Crippen LogP contribution < -0.4 is 10.1 Å². The molecule has 0 radical (unpaired) electrons. The van der Waals surface area contributed by atoms with E-state index in [2.05, 4.69) is 15.3 Å². The summed E-state index contributed by atoms with van der Waals surface area (Å²) in [6, 6.07) is 14.9. The van der Waals surface area contributed by atoms with Gasteiger partial charge in [0.05, 0.1) is 13.3 Å². The molecule has 0 aliphatic heterocycles. The molecule has 2 aromatic heterocycles. The Morgan fingerprint density at radius 2 is 1.85 bits per heavy atom. The molecule has 4 rings (SSSR count). The standard InChI is InChI=1S/C20H18N4O2/c1-26-17-8-2-14(3-9-17)12-22-20-19(15-4-6-16(25)7-5-15)23-18-13-21-10-11-24(18)20/h2-11,13,22,25H,12H2,1H3. The van der Waals surface area contributed by atoms with Gasteiger partial charge in [-0.15, -0.1) is 0 Å². The van der Waals surface area contributed by atoms with Crippen molar-refractivity contribution in [3.05, 3.63) is 72.7 Å². The van der Waals surface area contributed by atoms with Gasteiger partial charge in [-0.1, -0.05) is 12.1 Å². The molecule has 26 heavy (non-hydrogen) atoms. The van der Waals surface area contributed by atoms with E-state index in [1.807, 2.05) is 47.0 Å². The summed E-state index contributed by atoms with van der Waals surface area (Å²) >= 11 is 0. The lowest BCUT2D eigenvalue weighted by Gasteiger charge is -2.09. The van der Waals surface area contributed by atoms with Crippen LogP contribution in [0.3, 0.4) is 0 Å². The quantitative estimate of drug-likeness (QED) is 0.576. The molecule has 6 nitrogen and oxygen atoms in total. The molecule has 6 heteroatoms. The second kappa shape index (κ2) is 6.76. The number of nitrogens with one attached hydrogen (secondary N) is 1. The number of ether oxygens (including phenoxy) is 1. The van der Waals surface area contributed by atoms with Crippen molar-refractivity contribution in [1.82, 2.24) is 14.4 Å². The zero-order valence-corrected chi connectivity index (χ0v) is 14.3. The van der Waals surface area contributed by atoms with E-state index in [-0.39, 0.29) is 5.75 Å². The molecule has 2 N–H and O–H groups in total. The Morgan fingerprint density at radius 3 is 2.58 bits per heavy atom.